The molecular formula is C23H32N4O3. The Labute approximate surface area is 178 Å². The summed E-state index contributed by atoms with van der Waals surface area (Å²) < 4.78 is 7.65. The average molecular weight is 413 g/mol. The van der Waals surface area contributed by atoms with Crippen LogP contribution in [0.1, 0.15) is 68.1 Å². The van der Waals surface area contributed by atoms with E-state index in [4.69, 9.17) is 4.74 Å². The third-order valence-corrected chi connectivity index (χ3v) is 5.72. The van der Waals surface area contributed by atoms with Gasteiger partial charge >= 0.3 is 0 Å². The lowest BCUT2D eigenvalue weighted by atomic mass is 9.80. The molecule has 0 aliphatic heterocycles. The van der Waals surface area contributed by atoms with Crippen LogP contribution in [-0.4, -0.2) is 33.4 Å². The molecule has 7 heteroatoms. The van der Waals surface area contributed by atoms with E-state index in [-0.39, 0.29) is 11.8 Å². The Morgan fingerprint density at radius 3 is 2.53 bits per heavy atom. The summed E-state index contributed by atoms with van der Waals surface area (Å²) in [7, 11) is 1.92. The van der Waals surface area contributed by atoms with Crippen molar-refractivity contribution in [2.75, 3.05) is 6.54 Å². The van der Waals surface area contributed by atoms with E-state index >= 15 is 0 Å². The second kappa shape index (κ2) is 10.3. The molecule has 0 atom stereocenters. The van der Waals surface area contributed by atoms with Crippen molar-refractivity contribution in [3.05, 3.63) is 48.0 Å². The molecule has 0 bridgehead atoms. The van der Waals surface area contributed by atoms with Crippen molar-refractivity contribution >= 4 is 11.8 Å². The Kier molecular flexibility index (Phi) is 7.49. The van der Waals surface area contributed by atoms with Crippen LogP contribution in [-0.2, 0) is 18.4 Å². The van der Waals surface area contributed by atoms with E-state index in [0.29, 0.717) is 37.3 Å². The topological polar surface area (TPSA) is 85.2 Å². The van der Waals surface area contributed by atoms with E-state index in [1.165, 1.54) is 0 Å². The highest BCUT2D eigenvalue weighted by atomic mass is 16.5. The first kappa shape index (κ1) is 21.9. The van der Waals surface area contributed by atoms with Crippen molar-refractivity contribution < 1.29 is 14.3 Å². The molecule has 0 radical (unpaired) electrons. The number of nitrogens with one attached hydrogen (secondary N) is 2. The van der Waals surface area contributed by atoms with Gasteiger partial charge in [-0.3, -0.25) is 9.59 Å². The zero-order valence-electron chi connectivity index (χ0n) is 17.9. The van der Waals surface area contributed by atoms with Crippen molar-refractivity contribution in [1.82, 2.24) is 20.2 Å². The minimum absolute atomic E-state index is 0.0565. The zero-order chi connectivity index (χ0) is 21.4. The number of aryl methyl sites for hydroxylation is 1. The highest BCUT2D eigenvalue weighted by Crippen LogP contribution is 2.29. The van der Waals surface area contributed by atoms with Crippen molar-refractivity contribution in [3.63, 3.8) is 0 Å². The van der Waals surface area contributed by atoms with E-state index in [0.717, 1.165) is 37.9 Å². The quantitative estimate of drug-likeness (QED) is 0.619. The van der Waals surface area contributed by atoms with E-state index in [1.54, 1.807) is 30.5 Å². The monoisotopic (exact) mass is 412 g/mol. The number of hydrogen-bond acceptors (Lipinski definition) is 4. The largest absolute Gasteiger partial charge is 0.486 e. The van der Waals surface area contributed by atoms with Gasteiger partial charge in [0.25, 0.3) is 5.91 Å². The van der Waals surface area contributed by atoms with Gasteiger partial charge in [-0.05, 0) is 43.5 Å². The first-order valence-electron chi connectivity index (χ1n) is 10.8. The number of unbranched alkanes of at least 4 members (excludes halogenated alkanes) is 1. The van der Waals surface area contributed by atoms with Gasteiger partial charge in [-0.25, -0.2) is 4.98 Å². The maximum Gasteiger partial charge on any atom is 0.252 e. The first-order chi connectivity index (χ1) is 14.5. The molecule has 1 aliphatic carbocycles. The van der Waals surface area contributed by atoms with Crippen LogP contribution in [0.25, 0.3) is 0 Å². The fourth-order valence-corrected chi connectivity index (χ4v) is 3.79. The number of hydrogen-bond donors (Lipinski definition) is 2. The minimum atomic E-state index is -0.809. The van der Waals surface area contributed by atoms with Gasteiger partial charge in [-0.2, -0.15) is 0 Å². The van der Waals surface area contributed by atoms with Crippen LogP contribution in [0.15, 0.2) is 36.7 Å². The SMILES string of the molecule is CCCCNC(=O)C1(NC(=O)c2ccc(OCc3nccn3C)cc2)CCCCC1. The molecule has 1 fully saturated rings. The summed E-state index contributed by atoms with van der Waals surface area (Å²) >= 11 is 0. The Balaban J connectivity index is 1.62. The van der Waals surface area contributed by atoms with E-state index < -0.39 is 5.54 Å². The van der Waals surface area contributed by atoms with E-state index in [9.17, 15) is 9.59 Å². The van der Waals surface area contributed by atoms with Crippen LogP contribution in [0.2, 0.25) is 0 Å². The smallest absolute Gasteiger partial charge is 0.252 e. The van der Waals surface area contributed by atoms with Crippen LogP contribution in [0.5, 0.6) is 5.75 Å². The third kappa shape index (κ3) is 5.40. The van der Waals surface area contributed by atoms with Crippen molar-refractivity contribution in [2.45, 2.75) is 64.0 Å². The normalized spacial score (nSPS) is 15.4. The molecule has 1 aromatic carbocycles. The maximum atomic E-state index is 12.9. The molecule has 0 saturated heterocycles. The van der Waals surface area contributed by atoms with Gasteiger partial charge < -0.3 is 19.9 Å². The van der Waals surface area contributed by atoms with Crippen LogP contribution < -0.4 is 15.4 Å². The van der Waals surface area contributed by atoms with Gasteiger partial charge in [0.15, 0.2) is 0 Å². The fourth-order valence-electron chi connectivity index (χ4n) is 3.79. The molecule has 1 saturated carbocycles. The predicted octanol–water partition coefficient (Wildman–Crippen LogP) is 3.35. The summed E-state index contributed by atoms with van der Waals surface area (Å²) in [5.41, 5.74) is -0.290. The van der Waals surface area contributed by atoms with Crippen LogP contribution in [0, 0.1) is 0 Å². The molecule has 1 heterocycles. The molecule has 2 amide bonds. The molecule has 0 spiro atoms. The number of nitrogens with zero attached hydrogens (tertiary/aromatic N) is 2. The lowest BCUT2D eigenvalue weighted by molar-refractivity contribution is -0.128. The number of carbonyl (C=O) groups is 2. The summed E-state index contributed by atoms with van der Waals surface area (Å²) in [6.07, 6.45) is 9.91. The van der Waals surface area contributed by atoms with E-state index in [2.05, 4.69) is 22.5 Å². The number of imidazole rings is 1. The lowest BCUT2D eigenvalue weighted by Crippen LogP contribution is -2.59. The van der Waals surface area contributed by atoms with Gasteiger partial charge in [0.2, 0.25) is 5.91 Å². The predicted molar refractivity (Wildman–Crippen MR) is 115 cm³/mol. The number of amides is 2. The highest BCUT2D eigenvalue weighted by Gasteiger charge is 2.40. The molecule has 0 unspecified atom stereocenters. The Morgan fingerprint density at radius 2 is 1.90 bits per heavy atom. The summed E-state index contributed by atoms with van der Waals surface area (Å²) in [6, 6.07) is 7.00. The summed E-state index contributed by atoms with van der Waals surface area (Å²) in [5, 5.41) is 6.06. The van der Waals surface area contributed by atoms with Gasteiger partial charge in [0, 0.05) is 31.5 Å². The highest BCUT2D eigenvalue weighted by molar-refractivity contribution is 5.99. The average Bonchev–Trinajstić information content (AvgIpc) is 3.18. The minimum Gasteiger partial charge on any atom is -0.486 e. The molecule has 7 nitrogen and oxygen atoms in total. The van der Waals surface area contributed by atoms with Gasteiger partial charge in [-0.1, -0.05) is 32.6 Å². The fraction of sp³-hybridized carbons (Fsp3) is 0.522. The third-order valence-electron chi connectivity index (χ3n) is 5.72. The Morgan fingerprint density at radius 1 is 1.17 bits per heavy atom. The van der Waals surface area contributed by atoms with Gasteiger partial charge in [0.1, 0.15) is 23.7 Å². The number of benzene rings is 1. The molecule has 162 valence electrons. The van der Waals surface area contributed by atoms with Crippen molar-refractivity contribution in [1.29, 1.82) is 0 Å². The molecule has 30 heavy (non-hydrogen) atoms. The van der Waals surface area contributed by atoms with Crippen molar-refractivity contribution in [2.24, 2.45) is 7.05 Å². The molecule has 1 aromatic heterocycles. The second-order valence-corrected chi connectivity index (χ2v) is 7.97. The standard InChI is InChI=1S/C23H32N4O3/c1-3-4-14-25-22(29)23(12-6-5-7-13-23)26-21(28)18-8-10-19(11-9-18)30-17-20-24-15-16-27(20)2/h8-11,15-16H,3-7,12-14,17H2,1-2H3,(H,25,29)(H,26,28). The van der Waals surface area contributed by atoms with Crippen LogP contribution >= 0.6 is 0 Å². The molecular weight excluding hydrogens is 380 g/mol. The number of carbonyl (C=O) groups excluding carboxylic acids is 2. The van der Waals surface area contributed by atoms with Crippen LogP contribution in [0.4, 0.5) is 0 Å². The number of aromatic nitrogens is 2. The second-order valence-electron chi connectivity index (χ2n) is 7.97. The van der Waals surface area contributed by atoms with Crippen LogP contribution in [0.3, 0.4) is 0 Å². The molecule has 1 aliphatic rings. The van der Waals surface area contributed by atoms with Gasteiger partial charge in [-0.15, -0.1) is 0 Å². The summed E-state index contributed by atoms with van der Waals surface area (Å²) in [5.74, 6) is 1.21. The first-order valence-corrected chi connectivity index (χ1v) is 10.8. The Hall–Kier alpha value is -2.83. The Bertz CT molecular complexity index is 838. The molecule has 3 rings (SSSR count). The summed E-state index contributed by atoms with van der Waals surface area (Å²) in [4.78, 5) is 30.0. The number of ether oxygens (including phenoxy) is 1. The van der Waals surface area contributed by atoms with E-state index in [1.807, 2.05) is 17.8 Å². The van der Waals surface area contributed by atoms with Crippen molar-refractivity contribution in [3.8, 4) is 5.75 Å². The molecule has 2 N–H and O–H groups in total. The molecule has 2 aromatic rings. The maximum absolute atomic E-state index is 12.9. The lowest BCUT2D eigenvalue weighted by Gasteiger charge is -2.36. The zero-order valence-corrected chi connectivity index (χ0v) is 17.9. The summed E-state index contributed by atoms with van der Waals surface area (Å²) in [6.45, 7) is 3.10. The number of rotatable bonds is 9. The van der Waals surface area contributed by atoms with Gasteiger partial charge in [0.05, 0.1) is 0 Å².